The average molecular weight is 462 g/mol. The molecule has 1 aliphatic rings. The molecule has 1 saturated carbocycles. The normalized spacial score (nSPS) is 14.1. The van der Waals surface area contributed by atoms with Gasteiger partial charge in [0, 0.05) is 35.3 Å². The first kappa shape index (κ1) is 25.2. The number of amides is 2. The van der Waals surface area contributed by atoms with Crippen LogP contribution in [0.4, 0.5) is 5.69 Å². The van der Waals surface area contributed by atoms with Crippen LogP contribution in [0.5, 0.6) is 0 Å². The van der Waals surface area contributed by atoms with Crippen LogP contribution in [0.2, 0.25) is 0 Å². The van der Waals surface area contributed by atoms with Crippen LogP contribution < -0.4 is 16.4 Å². The molecule has 1 aliphatic carbocycles. The van der Waals surface area contributed by atoms with Gasteiger partial charge >= 0.3 is 0 Å². The van der Waals surface area contributed by atoms with Crippen molar-refractivity contribution < 1.29 is 19.5 Å². The number of benzene rings is 2. The van der Waals surface area contributed by atoms with Gasteiger partial charge in [-0.15, -0.1) is 0 Å². The smallest absolute Gasteiger partial charge is 0.251 e. The number of nitrogens with two attached hydrogens (primary N) is 1. The van der Waals surface area contributed by atoms with E-state index in [0.717, 1.165) is 23.2 Å². The molecule has 0 aliphatic heterocycles. The van der Waals surface area contributed by atoms with Crippen LogP contribution >= 0.6 is 0 Å². The van der Waals surface area contributed by atoms with Gasteiger partial charge in [-0.05, 0) is 60.9 Å². The second-order valence-corrected chi connectivity index (χ2v) is 8.53. The zero-order valence-electron chi connectivity index (χ0n) is 19.2. The van der Waals surface area contributed by atoms with E-state index < -0.39 is 24.3 Å². The van der Waals surface area contributed by atoms with Gasteiger partial charge in [0.15, 0.2) is 5.78 Å². The highest BCUT2D eigenvalue weighted by Gasteiger charge is 2.19. The first-order valence-electron chi connectivity index (χ1n) is 11.6. The number of anilines is 1. The summed E-state index contributed by atoms with van der Waals surface area (Å²) in [5.41, 5.74) is 8.13. The highest BCUT2D eigenvalue weighted by atomic mass is 16.3. The Hall–Kier alpha value is -3.47. The molecule has 0 bridgehead atoms. The summed E-state index contributed by atoms with van der Waals surface area (Å²) in [4.78, 5) is 36.0. The molecule has 2 aromatic carbocycles. The standard InChI is InChI=1S/C27H31N3O4/c28-17-24(25(32)18-31)30-27(34)22-12-7-20(8-13-22)5-6-21-9-14-23(15-10-21)29-26(33)16-11-19-3-1-2-4-19/h7-10,12-15,19,24,31H,1-4,11,16-18,28H2,(H,29,33)(H,30,34)/t24-/m0/s1. The molecule has 0 spiro atoms. The number of carbonyl (C=O) groups is 3. The fourth-order valence-electron chi connectivity index (χ4n) is 3.97. The van der Waals surface area contributed by atoms with Crippen molar-refractivity contribution in [3.8, 4) is 11.8 Å². The highest BCUT2D eigenvalue weighted by molar-refractivity contribution is 5.98. The van der Waals surface area contributed by atoms with E-state index in [1.165, 1.54) is 25.7 Å². The van der Waals surface area contributed by atoms with E-state index >= 15 is 0 Å². The minimum absolute atomic E-state index is 0.0494. The van der Waals surface area contributed by atoms with E-state index in [1.807, 2.05) is 24.3 Å². The monoisotopic (exact) mass is 461 g/mol. The predicted octanol–water partition coefficient (Wildman–Crippen LogP) is 2.61. The van der Waals surface area contributed by atoms with Crippen molar-refractivity contribution in [2.24, 2.45) is 11.7 Å². The number of ketones is 1. The Morgan fingerprint density at radius 3 is 2.12 bits per heavy atom. The quantitative estimate of drug-likeness (QED) is 0.428. The lowest BCUT2D eigenvalue weighted by Gasteiger charge is -2.14. The molecule has 2 amide bonds. The molecule has 7 heteroatoms. The Morgan fingerprint density at radius 2 is 1.56 bits per heavy atom. The first-order chi connectivity index (χ1) is 16.5. The fraction of sp³-hybridized carbons (Fsp3) is 0.370. The van der Waals surface area contributed by atoms with Crippen LogP contribution in [-0.2, 0) is 9.59 Å². The van der Waals surface area contributed by atoms with Crippen LogP contribution in [-0.4, -0.2) is 41.9 Å². The van der Waals surface area contributed by atoms with Gasteiger partial charge in [-0.2, -0.15) is 0 Å². The van der Waals surface area contributed by atoms with Gasteiger partial charge in [0.2, 0.25) is 5.91 Å². The molecule has 1 atom stereocenters. The maximum atomic E-state index is 12.3. The zero-order chi connectivity index (χ0) is 24.3. The molecule has 5 N–H and O–H groups in total. The molecule has 1 fully saturated rings. The number of hydrogen-bond acceptors (Lipinski definition) is 5. The summed E-state index contributed by atoms with van der Waals surface area (Å²) in [7, 11) is 0. The molecule has 0 radical (unpaired) electrons. The molecule has 0 unspecified atom stereocenters. The number of aliphatic hydroxyl groups is 1. The van der Waals surface area contributed by atoms with Crippen molar-refractivity contribution in [3.63, 3.8) is 0 Å². The maximum absolute atomic E-state index is 12.3. The van der Waals surface area contributed by atoms with E-state index in [4.69, 9.17) is 10.8 Å². The van der Waals surface area contributed by atoms with Crippen molar-refractivity contribution in [1.29, 1.82) is 0 Å². The summed E-state index contributed by atoms with van der Waals surface area (Å²) in [5, 5.41) is 14.4. The molecule has 7 nitrogen and oxygen atoms in total. The summed E-state index contributed by atoms with van der Waals surface area (Å²) < 4.78 is 0. The molecule has 0 aromatic heterocycles. The van der Waals surface area contributed by atoms with Crippen LogP contribution in [0.25, 0.3) is 0 Å². The second-order valence-electron chi connectivity index (χ2n) is 8.53. The lowest BCUT2D eigenvalue weighted by molar-refractivity contribution is -0.123. The van der Waals surface area contributed by atoms with Gasteiger partial charge in [-0.1, -0.05) is 37.5 Å². The number of carbonyl (C=O) groups excluding carboxylic acids is 3. The summed E-state index contributed by atoms with van der Waals surface area (Å²) in [6.45, 7) is -0.762. The molecular weight excluding hydrogens is 430 g/mol. The van der Waals surface area contributed by atoms with Crippen LogP contribution in [0.1, 0.15) is 60.0 Å². The minimum atomic E-state index is -0.919. The van der Waals surface area contributed by atoms with Crippen LogP contribution in [0.15, 0.2) is 48.5 Å². The summed E-state index contributed by atoms with van der Waals surface area (Å²) in [6.07, 6.45) is 6.59. The largest absolute Gasteiger partial charge is 0.388 e. The van der Waals surface area contributed by atoms with Crippen molar-refractivity contribution in [2.45, 2.75) is 44.6 Å². The van der Waals surface area contributed by atoms with E-state index in [2.05, 4.69) is 22.5 Å². The summed E-state index contributed by atoms with van der Waals surface area (Å²) in [6, 6.07) is 13.1. The lowest BCUT2D eigenvalue weighted by Crippen LogP contribution is -2.46. The van der Waals surface area contributed by atoms with Gasteiger partial charge in [-0.3, -0.25) is 14.4 Å². The van der Waals surface area contributed by atoms with Crippen LogP contribution in [0.3, 0.4) is 0 Å². The third-order valence-corrected chi connectivity index (χ3v) is 6.01. The van der Waals surface area contributed by atoms with Crippen LogP contribution in [0, 0.1) is 17.8 Å². The zero-order valence-corrected chi connectivity index (χ0v) is 19.2. The van der Waals surface area contributed by atoms with E-state index in [1.54, 1.807) is 24.3 Å². The van der Waals surface area contributed by atoms with Gasteiger partial charge in [0.05, 0.1) is 0 Å². The molecule has 0 saturated heterocycles. The fourth-order valence-corrected chi connectivity index (χ4v) is 3.97. The van der Waals surface area contributed by atoms with Gasteiger partial charge in [-0.25, -0.2) is 0 Å². The molecule has 3 rings (SSSR count). The Balaban J connectivity index is 1.51. The number of Topliss-reactive ketones (excluding diaryl/α,β-unsaturated/α-hetero) is 1. The lowest BCUT2D eigenvalue weighted by atomic mass is 10.0. The van der Waals surface area contributed by atoms with Crippen molar-refractivity contribution in [2.75, 3.05) is 18.5 Å². The molecule has 0 heterocycles. The van der Waals surface area contributed by atoms with Crippen molar-refractivity contribution >= 4 is 23.3 Å². The van der Waals surface area contributed by atoms with E-state index in [9.17, 15) is 14.4 Å². The third-order valence-electron chi connectivity index (χ3n) is 6.01. The average Bonchev–Trinajstić information content (AvgIpc) is 3.39. The molecule has 2 aromatic rings. The number of nitrogens with one attached hydrogen (secondary N) is 2. The Bertz CT molecular complexity index is 1050. The Morgan fingerprint density at radius 1 is 0.971 bits per heavy atom. The molecule has 178 valence electrons. The van der Waals surface area contributed by atoms with E-state index in [0.29, 0.717) is 17.9 Å². The number of hydrogen-bond donors (Lipinski definition) is 4. The minimum Gasteiger partial charge on any atom is -0.388 e. The summed E-state index contributed by atoms with van der Waals surface area (Å²) in [5.74, 6) is 5.87. The van der Waals surface area contributed by atoms with Gasteiger partial charge < -0.3 is 21.5 Å². The van der Waals surface area contributed by atoms with Crippen molar-refractivity contribution in [1.82, 2.24) is 5.32 Å². The topological polar surface area (TPSA) is 122 Å². The molecular formula is C27H31N3O4. The van der Waals surface area contributed by atoms with Gasteiger partial charge in [0.25, 0.3) is 5.91 Å². The Kier molecular flexibility index (Phi) is 9.39. The number of aliphatic hydroxyl groups excluding tert-OH is 1. The molecule has 34 heavy (non-hydrogen) atoms. The van der Waals surface area contributed by atoms with E-state index in [-0.39, 0.29) is 12.5 Å². The second kappa shape index (κ2) is 12.7. The van der Waals surface area contributed by atoms with Gasteiger partial charge in [0.1, 0.15) is 12.6 Å². The third kappa shape index (κ3) is 7.55. The maximum Gasteiger partial charge on any atom is 0.251 e. The number of rotatable bonds is 9. The summed E-state index contributed by atoms with van der Waals surface area (Å²) >= 11 is 0. The van der Waals surface area contributed by atoms with Crippen molar-refractivity contribution in [3.05, 3.63) is 65.2 Å². The SMILES string of the molecule is NC[C@H](NC(=O)c1ccc(C#Cc2ccc(NC(=O)CCC3CCCC3)cc2)cc1)C(=O)CO. The first-order valence-corrected chi connectivity index (χ1v) is 11.6. The predicted molar refractivity (Wildman–Crippen MR) is 131 cm³/mol. The Labute approximate surface area is 200 Å². The highest BCUT2D eigenvalue weighted by Crippen LogP contribution is 2.28.